The highest BCUT2D eigenvalue weighted by molar-refractivity contribution is 6.32. The minimum atomic E-state index is -1.03. The van der Waals surface area contributed by atoms with Crippen LogP contribution in [-0.2, 0) is 15.0 Å². The maximum Gasteiger partial charge on any atom is 0.247 e. The second kappa shape index (κ2) is 10.6. The number of carbonyl (C=O) groups excluding carboxylic acids is 2. The van der Waals surface area contributed by atoms with Gasteiger partial charge >= 0.3 is 0 Å². The van der Waals surface area contributed by atoms with Gasteiger partial charge in [0.25, 0.3) is 0 Å². The molecule has 0 aromatic heterocycles. The van der Waals surface area contributed by atoms with Crippen molar-refractivity contribution in [3.8, 4) is 11.8 Å². The quantitative estimate of drug-likeness (QED) is 0.476. The molecule has 2 amide bonds. The molecule has 10 heteroatoms. The van der Waals surface area contributed by atoms with Crippen LogP contribution in [0.2, 0.25) is 5.02 Å². The van der Waals surface area contributed by atoms with Crippen molar-refractivity contribution in [1.29, 1.82) is 5.26 Å². The van der Waals surface area contributed by atoms with Crippen molar-refractivity contribution in [3.63, 3.8) is 0 Å². The number of halogens is 1. The number of anilines is 1. The molecule has 1 heterocycles. The molecule has 1 saturated carbocycles. The van der Waals surface area contributed by atoms with Crippen molar-refractivity contribution in [2.75, 3.05) is 19.0 Å². The smallest absolute Gasteiger partial charge is 0.247 e. The van der Waals surface area contributed by atoms with Crippen LogP contribution in [0.4, 0.5) is 5.69 Å². The summed E-state index contributed by atoms with van der Waals surface area (Å²) >= 11 is 6.55. The Morgan fingerprint density at radius 2 is 2.00 bits per heavy atom. The Labute approximate surface area is 208 Å². The Morgan fingerprint density at radius 1 is 1.29 bits per heavy atom. The fourth-order valence-corrected chi connectivity index (χ4v) is 5.05. The highest BCUT2D eigenvalue weighted by Crippen LogP contribution is 2.44. The maximum absolute atomic E-state index is 13.3. The zero-order valence-corrected chi connectivity index (χ0v) is 20.1. The van der Waals surface area contributed by atoms with Gasteiger partial charge in [-0.2, -0.15) is 5.26 Å². The van der Waals surface area contributed by atoms with Crippen LogP contribution in [0.5, 0.6) is 5.75 Å². The zero-order chi connectivity index (χ0) is 25.0. The van der Waals surface area contributed by atoms with E-state index in [2.05, 4.69) is 22.1 Å². The van der Waals surface area contributed by atoms with Crippen molar-refractivity contribution in [1.82, 2.24) is 15.9 Å². The van der Waals surface area contributed by atoms with E-state index >= 15 is 0 Å². The summed E-state index contributed by atoms with van der Waals surface area (Å²) in [4.78, 5) is 24.8. The van der Waals surface area contributed by atoms with Crippen LogP contribution in [0, 0.1) is 16.5 Å². The van der Waals surface area contributed by atoms with Crippen LogP contribution >= 0.6 is 11.6 Å². The number of nitriles is 1. The first-order valence-electron chi connectivity index (χ1n) is 11.5. The maximum atomic E-state index is 13.3. The second-order valence-corrected chi connectivity index (χ2v) is 9.32. The lowest BCUT2D eigenvalue weighted by Gasteiger charge is -2.37. The predicted molar refractivity (Wildman–Crippen MR) is 131 cm³/mol. The van der Waals surface area contributed by atoms with Crippen molar-refractivity contribution in [2.45, 2.75) is 49.6 Å². The summed E-state index contributed by atoms with van der Waals surface area (Å²) in [5, 5.41) is 28.9. The molecule has 9 nitrogen and oxygen atoms in total. The molecule has 2 aromatic rings. The first-order valence-corrected chi connectivity index (χ1v) is 11.9. The van der Waals surface area contributed by atoms with Gasteiger partial charge in [0.1, 0.15) is 11.8 Å². The molecule has 35 heavy (non-hydrogen) atoms. The Morgan fingerprint density at radius 3 is 2.57 bits per heavy atom. The zero-order valence-electron chi connectivity index (χ0n) is 19.3. The number of hydrazine groups is 1. The fourth-order valence-electron chi connectivity index (χ4n) is 4.68. The first kappa shape index (κ1) is 24.9. The number of nitrogens with zero attached hydrogens (tertiary/aromatic N) is 2. The van der Waals surface area contributed by atoms with E-state index in [0.29, 0.717) is 27.2 Å². The molecule has 0 spiro atoms. The van der Waals surface area contributed by atoms with E-state index in [4.69, 9.17) is 16.3 Å². The van der Waals surface area contributed by atoms with Gasteiger partial charge in [0, 0.05) is 29.7 Å². The molecule has 2 unspecified atom stereocenters. The van der Waals surface area contributed by atoms with Crippen LogP contribution < -0.4 is 20.8 Å². The molecule has 1 saturated heterocycles. The third-order valence-electron chi connectivity index (χ3n) is 6.68. The predicted octanol–water partition coefficient (Wildman–Crippen LogP) is 3.56. The number of hydrogen-bond acceptors (Lipinski definition) is 7. The van der Waals surface area contributed by atoms with Crippen molar-refractivity contribution >= 4 is 29.1 Å². The van der Waals surface area contributed by atoms with Gasteiger partial charge in [-0.25, -0.2) is 5.43 Å². The summed E-state index contributed by atoms with van der Waals surface area (Å²) in [5.74, 6) is -0.0820. The standard InChI is InChI=1S/C25H27ClN5O4/c1-35-19-7-4-16(5-8-19)23(30-31(34)18-13-22(32)28-14-18)24(33)29-17-6-9-20(21(26)12-17)25(15-27)10-2-3-11-25/h4-9,12,18,23,30H,2-3,10-11,13-14H2,1H3,(H,28,32)(H,29,33)/q-1. The Kier molecular flexibility index (Phi) is 7.57. The van der Waals surface area contributed by atoms with Crippen LogP contribution in [-0.4, -0.2) is 36.7 Å². The Hall–Kier alpha value is -3.16. The number of nitrogens with one attached hydrogen (secondary N) is 3. The van der Waals surface area contributed by atoms with Gasteiger partial charge in [0.2, 0.25) is 11.8 Å². The average Bonchev–Trinajstić information content (AvgIpc) is 3.52. The van der Waals surface area contributed by atoms with Gasteiger partial charge in [-0.1, -0.05) is 42.6 Å². The number of amides is 2. The normalized spacial score (nSPS) is 19.7. The molecule has 184 valence electrons. The van der Waals surface area contributed by atoms with Gasteiger partial charge in [-0.3, -0.25) is 9.59 Å². The summed E-state index contributed by atoms with van der Waals surface area (Å²) in [6.45, 7) is 0.198. The second-order valence-electron chi connectivity index (χ2n) is 8.91. The van der Waals surface area contributed by atoms with Crippen molar-refractivity contribution in [2.24, 2.45) is 0 Å². The molecule has 2 aromatic carbocycles. The third kappa shape index (κ3) is 5.41. The van der Waals surface area contributed by atoms with E-state index < -0.39 is 23.4 Å². The number of carbonyl (C=O) groups is 2. The SMILES string of the molecule is COc1ccc(C(NN([O-])C2CNC(=O)C2)C(=O)Nc2ccc(C3(C#N)CCCC3)c(Cl)c2)cc1. The van der Waals surface area contributed by atoms with E-state index in [1.165, 1.54) is 7.11 Å². The molecule has 1 aliphatic carbocycles. The molecular formula is C25H27ClN5O4-. The van der Waals surface area contributed by atoms with Crippen LogP contribution in [0.25, 0.3) is 0 Å². The summed E-state index contributed by atoms with van der Waals surface area (Å²) in [5.41, 5.74) is 3.86. The van der Waals surface area contributed by atoms with E-state index in [1.54, 1.807) is 42.5 Å². The lowest BCUT2D eigenvalue weighted by Crippen LogP contribution is -2.47. The van der Waals surface area contributed by atoms with Gasteiger partial charge in [0.05, 0.1) is 18.6 Å². The number of hydrogen-bond donors (Lipinski definition) is 3. The van der Waals surface area contributed by atoms with E-state index in [1.807, 2.05) is 0 Å². The largest absolute Gasteiger partial charge is 0.771 e. The monoisotopic (exact) mass is 496 g/mol. The van der Waals surface area contributed by atoms with Gasteiger partial charge < -0.3 is 25.7 Å². The highest BCUT2D eigenvalue weighted by Gasteiger charge is 2.37. The molecule has 0 bridgehead atoms. The minimum absolute atomic E-state index is 0.0468. The summed E-state index contributed by atoms with van der Waals surface area (Å²) < 4.78 is 5.19. The molecule has 0 radical (unpaired) electrons. The lowest BCUT2D eigenvalue weighted by atomic mass is 9.80. The molecule has 3 N–H and O–H groups in total. The molecular weight excluding hydrogens is 470 g/mol. The fraction of sp³-hybridized carbons (Fsp3) is 0.400. The Balaban J connectivity index is 1.55. The van der Waals surface area contributed by atoms with E-state index in [9.17, 15) is 20.1 Å². The topological polar surface area (TPSA) is 130 Å². The first-order chi connectivity index (χ1) is 16.8. The number of rotatable bonds is 8. The molecule has 2 fully saturated rings. The summed E-state index contributed by atoms with van der Waals surface area (Å²) in [6, 6.07) is 12.7. The van der Waals surface area contributed by atoms with Crippen LogP contribution in [0.1, 0.15) is 49.3 Å². The lowest BCUT2D eigenvalue weighted by molar-refractivity contribution is -0.119. The van der Waals surface area contributed by atoms with Gasteiger partial charge in [-0.15, -0.1) is 0 Å². The molecule has 1 aliphatic heterocycles. The Bertz CT molecular complexity index is 1130. The van der Waals surface area contributed by atoms with E-state index in [0.717, 1.165) is 31.2 Å². The highest BCUT2D eigenvalue weighted by atomic mass is 35.5. The summed E-state index contributed by atoms with van der Waals surface area (Å²) in [6.07, 6.45) is 3.52. The third-order valence-corrected chi connectivity index (χ3v) is 6.99. The number of ether oxygens (including phenoxy) is 1. The minimum Gasteiger partial charge on any atom is -0.771 e. The molecule has 2 atom stereocenters. The molecule has 4 rings (SSSR count). The van der Waals surface area contributed by atoms with Crippen molar-refractivity contribution in [3.05, 3.63) is 63.8 Å². The van der Waals surface area contributed by atoms with Gasteiger partial charge in [0.15, 0.2) is 0 Å². The average molecular weight is 497 g/mol. The number of benzene rings is 2. The van der Waals surface area contributed by atoms with Gasteiger partial charge in [-0.05, 0) is 48.2 Å². The number of hydroxylamine groups is 1. The van der Waals surface area contributed by atoms with E-state index in [-0.39, 0.29) is 18.9 Å². The summed E-state index contributed by atoms with van der Waals surface area (Å²) in [7, 11) is 1.54. The number of methoxy groups -OCH3 is 1. The van der Waals surface area contributed by atoms with Crippen LogP contribution in [0.3, 0.4) is 0 Å². The van der Waals surface area contributed by atoms with Crippen LogP contribution in [0.15, 0.2) is 42.5 Å². The molecule has 2 aliphatic rings. The van der Waals surface area contributed by atoms with Crippen molar-refractivity contribution < 1.29 is 14.3 Å².